The molecule has 0 aliphatic heterocycles. The molecule has 0 saturated heterocycles. The standard InChI is InChI=1S/C21H36O2.Na.H/c1-2-3-4-5-6-7-8-9-10-11-12-13-14-15-19-18-20(22)16-17-21(19)23;;/h16-18,22-23H,2-15H2,1H3;;. The van der Waals surface area contributed by atoms with Crippen LogP contribution in [0.1, 0.15) is 96.0 Å². The van der Waals surface area contributed by atoms with E-state index in [-0.39, 0.29) is 35.3 Å². The van der Waals surface area contributed by atoms with Gasteiger partial charge in [0.15, 0.2) is 0 Å². The third-order valence-corrected chi connectivity index (χ3v) is 4.61. The van der Waals surface area contributed by atoms with E-state index in [9.17, 15) is 10.2 Å². The quantitative estimate of drug-likeness (QED) is 0.244. The fourth-order valence-electron chi connectivity index (χ4n) is 3.11. The number of unbranched alkanes of at least 4 members (excludes halogenated alkanes) is 12. The van der Waals surface area contributed by atoms with Crippen LogP contribution in [0.4, 0.5) is 0 Å². The van der Waals surface area contributed by atoms with Crippen molar-refractivity contribution in [3.05, 3.63) is 23.8 Å². The van der Waals surface area contributed by atoms with Gasteiger partial charge in [-0.1, -0.05) is 84.0 Å². The van der Waals surface area contributed by atoms with Gasteiger partial charge in [0.25, 0.3) is 0 Å². The summed E-state index contributed by atoms with van der Waals surface area (Å²) in [5, 5.41) is 19.1. The fourth-order valence-corrected chi connectivity index (χ4v) is 3.11. The second-order valence-corrected chi connectivity index (χ2v) is 6.81. The van der Waals surface area contributed by atoms with Crippen molar-refractivity contribution in [1.82, 2.24) is 0 Å². The zero-order valence-corrected chi connectivity index (χ0v) is 15.0. The van der Waals surface area contributed by atoms with Crippen LogP contribution >= 0.6 is 0 Å². The van der Waals surface area contributed by atoms with Crippen LogP contribution in [0.25, 0.3) is 0 Å². The van der Waals surface area contributed by atoms with Crippen molar-refractivity contribution in [2.24, 2.45) is 0 Å². The summed E-state index contributed by atoms with van der Waals surface area (Å²) in [5.74, 6) is 0.550. The van der Waals surface area contributed by atoms with Crippen molar-refractivity contribution >= 4 is 29.6 Å². The molecule has 0 unspecified atom stereocenters. The SMILES string of the molecule is CCCCCCCCCCCCCCCc1cc(O)ccc1O.[NaH]. The van der Waals surface area contributed by atoms with Gasteiger partial charge >= 0.3 is 29.6 Å². The van der Waals surface area contributed by atoms with Crippen molar-refractivity contribution in [2.75, 3.05) is 0 Å². The van der Waals surface area contributed by atoms with Crippen LogP contribution in [0.2, 0.25) is 0 Å². The average molecular weight is 345 g/mol. The predicted molar refractivity (Wildman–Crippen MR) is 106 cm³/mol. The van der Waals surface area contributed by atoms with Crippen molar-refractivity contribution in [2.45, 2.75) is 96.8 Å². The maximum atomic E-state index is 9.72. The zero-order chi connectivity index (χ0) is 16.8. The Bertz CT molecular complexity index is 407. The number of phenols is 2. The van der Waals surface area contributed by atoms with Gasteiger partial charge in [-0.25, -0.2) is 0 Å². The third-order valence-electron chi connectivity index (χ3n) is 4.61. The molecule has 0 bridgehead atoms. The molecule has 3 heteroatoms. The minimum atomic E-state index is 0. The third kappa shape index (κ3) is 12.2. The van der Waals surface area contributed by atoms with Crippen molar-refractivity contribution in [1.29, 1.82) is 0 Å². The molecule has 2 nitrogen and oxygen atoms in total. The first kappa shape index (κ1) is 23.8. The Morgan fingerprint density at radius 1 is 0.667 bits per heavy atom. The molecule has 0 saturated carbocycles. The number of phenolic OH excluding ortho intramolecular Hbond substituents is 2. The van der Waals surface area contributed by atoms with Crippen molar-refractivity contribution in [3.8, 4) is 11.5 Å². The Morgan fingerprint density at radius 3 is 1.62 bits per heavy atom. The molecule has 0 spiro atoms. The molecule has 1 rings (SSSR count). The summed E-state index contributed by atoms with van der Waals surface area (Å²) in [7, 11) is 0. The summed E-state index contributed by atoms with van der Waals surface area (Å²) < 4.78 is 0. The van der Waals surface area contributed by atoms with Gasteiger partial charge in [-0.3, -0.25) is 0 Å². The number of benzene rings is 1. The van der Waals surface area contributed by atoms with Crippen LogP contribution in [-0.4, -0.2) is 39.8 Å². The fraction of sp³-hybridized carbons (Fsp3) is 0.714. The molecule has 2 N–H and O–H groups in total. The van der Waals surface area contributed by atoms with E-state index in [0.29, 0.717) is 5.75 Å². The molecule has 0 heterocycles. The van der Waals surface area contributed by atoms with Crippen LogP contribution in [0.5, 0.6) is 11.5 Å². The maximum absolute atomic E-state index is 9.72. The normalized spacial score (nSPS) is 10.5. The van der Waals surface area contributed by atoms with Crippen LogP contribution < -0.4 is 0 Å². The number of rotatable bonds is 14. The molecular formula is C21H37NaO2. The molecule has 134 valence electrons. The molecule has 24 heavy (non-hydrogen) atoms. The molecule has 0 aliphatic rings. The molecule has 0 aromatic heterocycles. The van der Waals surface area contributed by atoms with Gasteiger partial charge in [-0.05, 0) is 36.6 Å². The first-order valence-electron chi connectivity index (χ1n) is 9.75. The first-order chi connectivity index (χ1) is 11.2. The van der Waals surface area contributed by atoms with E-state index >= 15 is 0 Å². The van der Waals surface area contributed by atoms with Gasteiger partial charge in [0.05, 0.1) is 0 Å². The molecule has 0 radical (unpaired) electrons. The molecule has 0 aliphatic carbocycles. The van der Waals surface area contributed by atoms with Gasteiger partial charge < -0.3 is 10.2 Å². The van der Waals surface area contributed by atoms with Crippen LogP contribution in [0.3, 0.4) is 0 Å². The summed E-state index contributed by atoms with van der Waals surface area (Å²) in [4.78, 5) is 0. The van der Waals surface area contributed by atoms with Gasteiger partial charge in [-0.15, -0.1) is 0 Å². The Balaban J connectivity index is 0.00000529. The minimum absolute atomic E-state index is 0. The average Bonchev–Trinajstić information content (AvgIpc) is 2.55. The van der Waals surface area contributed by atoms with Crippen LogP contribution in [-0.2, 0) is 6.42 Å². The van der Waals surface area contributed by atoms with E-state index in [4.69, 9.17) is 0 Å². The van der Waals surface area contributed by atoms with Gasteiger partial charge in [0.1, 0.15) is 11.5 Å². The Morgan fingerprint density at radius 2 is 1.12 bits per heavy atom. The number of aryl methyl sites for hydroxylation is 1. The molecule has 0 fully saturated rings. The predicted octanol–water partition coefficient (Wildman–Crippen LogP) is 6.08. The van der Waals surface area contributed by atoms with E-state index < -0.39 is 0 Å². The second kappa shape index (κ2) is 16.3. The summed E-state index contributed by atoms with van der Waals surface area (Å²) in [6.07, 6.45) is 18.4. The molecule has 0 amide bonds. The monoisotopic (exact) mass is 344 g/mol. The number of aromatic hydroxyl groups is 2. The Labute approximate surface area is 171 Å². The van der Waals surface area contributed by atoms with Gasteiger partial charge in [-0.2, -0.15) is 0 Å². The number of hydrogen-bond acceptors (Lipinski definition) is 2. The zero-order valence-electron chi connectivity index (χ0n) is 15.0. The van der Waals surface area contributed by atoms with Gasteiger partial charge in [0, 0.05) is 0 Å². The molecular weight excluding hydrogens is 307 g/mol. The van der Waals surface area contributed by atoms with Gasteiger partial charge in [0.2, 0.25) is 0 Å². The summed E-state index contributed by atoms with van der Waals surface area (Å²) in [5.41, 5.74) is 0.869. The van der Waals surface area contributed by atoms with E-state index in [1.807, 2.05) is 0 Å². The van der Waals surface area contributed by atoms with Crippen molar-refractivity contribution < 1.29 is 10.2 Å². The second-order valence-electron chi connectivity index (χ2n) is 6.81. The van der Waals surface area contributed by atoms with Crippen LogP contribution in [0.15, 0.2) is 18.2 Å². The van der Waals surface area contributed by atoms with E-state index in [1.54, 1.807) is 12.1 Å². The Hall–Kier alpha value is -0.180. The van der Waals surface area contributed by atoms with E-state index in [2.05, 4.69) is 6.92 Å². The van der Waals surface area contributed by atoms with E-state index in [1.165, 1.54) is 83.1 Å². The summed E-state index contributed by atoms with van der Waals surface area (Å²) >= 11 is 0. The molecule has 1 aromatic carbocycles. The van der Waals surface area contributed by atoms with E-state index in [0.717, 1.165) is 18.4 Å². The Kier molecular flexibility index (Phi) is 16.2. The van der Waals surface area contributed by atoms with Crippen LogP contribution in [0, 0.1) is 0 Å². The molecule has 0 atom stereocenters. The molecule has 1 aromatic rings. The topological polar surface area (TPSA) is 40.5 Å². The first-order valence-corrected chi connectivity index (χ1v) is 9.75. The summed E-state index contributed by atoms with van der Waals surface area (Å²) in [6.45, 7) is 2.27. The summed E-state index contributed by atoms with van der Waals surface area (Å²) in [6, 6.07) is 4.78. The number of hydrogen-bond donors (Lipinski definition) is 2. The van der Waals surface area contributed by atoms with Crippen molar-refractivity contribution in [3.63, 3.8) is 0 Å².